The predicted octanol–water partition coefficient (Wildman–Crippen LogP) is 4.49. The minimum absolute atomic E-state index is 0.185. The zero-order valence-corrected chi connectivity index (χ0v) is 17.1. The SMILES string of the molecule is COc1cn(-c2ccccc2)nc1C(=O)Nc1ncccc1OCC1CCCCC1. The topological polar surface area (TPSA) is 78.3 Å². The number of ether oxygens (including phenoxy) is 2. The average molecular weight is 406 g/mol. The molecule has 0 unspecified atom stereocenters. The third-order valence-electron chi connectivity index (χ3n) is 5.34. The monoisotopic (exact) mass is 406 g/mol. The van der Waals surface area contributed by atoms with Crippen molar-refractivity contribution in [1.82, 2.24) is 14.8 Å². The van der Waals surface area contributed by atoms with E-state index in [0.717, 1.165) is 5.69 Å². The van der Waals surface area contributed by atoms with Crippen LogP contribution in [-0.4, -0.2) is 34.4 Å². The number of amides is 1. The lowest BCUT2D eigenvalue weighted by Crippen LogP contribution is -2.18. The van der Waals surface area contributed by atoms with Crippen molar-refractivity contribution in [2.45, 2.75) is 32.1 Å². The summed E-state index contributed by atoms with van der Waals surface area (Å²) in [5.41, 5.74) is 1.02. The number of pyridine rings is 1. The molecule has 4 rings (SSSR count). The van der Waals surface area contributed by atoms with E-state index in [-0.39, 0.29) is 5.69 Å². The van der Waals surface area contributed by atoms with Crippen LogP contribution < -0.4 is 14.8 Å². The van der Waals surface area contributed by atoms with E-state index in [1.54, 1.807) is 23.1 Å². The standard InChI is InChI=1S/C23H26N4O3/c1-29-20-15-27(18-11-6-3-7-12-18)26-21(20)23(28)25-22-19(13-8-14-24-22)30-16-17-9-4-2-5-10-17/h3,6-8,11-15,17H,2,4-5,9-10,16H2,1H3,(H,24,25,28). The second-order valence-electron chi connectivity index (χ2n) is 7.45. The summed E-state index contributed by atoms with van der Waals surface area (Å²) in [5, 5.41) is 7.23. The van der Waals surface area contributed by atoms with Crippen LogP contribution in [0.5, 0.6) is 11.5 Å². The number of para-hydroxylation sites is 1. The zero-order valence-electron chi connectivity index (χ0n) is 17.1. The van der Waals surface area contributed by atoms with Crippen molar-refractivity contribution in [3.8, 4) is 17.2 Å². The Labute approximate surface area is 176 Å². The highest BCUT2D eigenvalue weighted by atomic mass is 16.5. The van der Waals surface area contributed by atoms with Crippen LogP contribution in [-0.2, 0) is 0 Å². The van der Waals surface area contributed by atoms with Gasteiger partial charge in [-0.05, 0) is 43.0 Å². The Morgan fingerprint density at radius 2 is 1.90 bits per heavy atom. The fourth-order valence-corrected chi connectivity index (χ4v) is 3.71. The normalized spacial score (nSPS) is 14.3. The van der Waals surface area contributed by atoms with Crippen LogP contribution in [0, 0.1) is 5.92 Å². The third kappa shape index (κ3) is 4.62. The number of aromatic nitrogens is 3. The molecule has 0 bridgehead atoms. The number of benzene rings is 1. The molecule has 0 atom stereocenters. The lowest BCUT2D eigenvalue weighted by Gasteiger charge is -2.22. The highest BCUT2D eigenvalue weighted by Crippen LogP contribution is 2.28. The van der Waals surface area contributed by atoms with Crippen LogP contribution in [0.25, 0.3) is 5.69 Å². The Bertz CT molecular complexity index is 981. The Hall–Kier alpha value is -3.35. The molecule has 1 N–H and O–H groups in total. The van der Waals surface area contributed by atoms with Gasteiger partial charge in [0.1, 0.15) is 0 Å². The number of anilines is 1. The molecule has 2 heterocycles. The number of rotatable bonds is 7. The molecule has 1 aliphatic rings. The lowest BCUT2D eigenvalue weighted by molar-refractivity contribution is 0.101. The summed E-state index contributed by atoms with van der Waals surface area (Å²) >= 11 is 0. The second-order valence-corrected chi connectivity index (χ2v) is 7.45. The van der Waals surface area contributed by atoms with Crippen LogP contribution in [0.2, 0.25) is 0 Å². The van der Waals surface area contributed by atoms with Gasteiger partial charge >= 0.3 is 0 Å². The molecule has 1 amide bonds. The molecule has 156 valence electrons. The molecule has 1 aromatic carbocycles. The van der Waals surface area contributed by atoms with Crippen LogP contribution >= 0.6 is 0 Å². The van der Waals surface area contributed by atoms with Crippen LogP contribution in [0.1, 0.15) is 42.6 Å². The van der Waals surface area contributed by atoms with Crippen LogP contribution in [0.15, 0.2) is 54.9 Å². The summed E-state index contributed by atoms with van der Waals surface area (Å²) in [6, 6.07) is 13.2. The molecule has 0 aliphatic heterocycles. The van der Waals surface area contributed by atoms with Crippen molar-refractivity contribution >= 4 is 11.7 Å². The van der Waals surface area contributed by atoms with Gasteiger partial charge in [-0.1, -0.05) is 37.5 Å². The highest BCUT2D eigenvalue weighted by Gasteiger charge is 2.21. The fraction of sp³-hybridized carbons (Fsp3) is 0.348. The smallest absolute Gasteiger partial charge is 0.281 e. The summed E-state index contributed by atoms with van der Waals surface area (Å²) in [4.78, 5) is 17.2. The van der Waals surface area contributed by atoms with Gasteiger partial charge in [-0.3, -0.25) is 4.79 Å². The number of nitrogens with zero attached hydrogens (tertiary/aromatic N) is 3. The predicted molar refractivity (Wildman–Crippen MR) is 114 cm³/mol. The van der Waals surface area contributed by atoms with Crippen molar-refractivity contribution in [1.29, 1.82) is 0 Å². The number of hydrogen-bond donors (Lipinski definition) is 1. The molecule has 1 aliphatic carbocycles. The first-order valence-electron chi connectivity index (χ1n) is 10.3. The largest absolute Gasteiger partial charge is 0.493 e. The minimum Gasteiger partial charge on any atom is -0.493 e. The summed E-state index contributed by atoms with van der Waals surface area (Å²) < 4.78 is 13.0. The van der Waals surface area contributed by atoms with Gasteiger partial charge in [-0.2, -0.15) is 5.10 Å². The molecule has 1 fully saturated rings. The van der Waals surface area contributed by atoms with E-state index >= 15 is 0 Å². The Morgan fingerprint density at radius 1 is 1.10 bits per heavy atom. The molecule has 0 saturated heterocycles. The number of carbonyl (C=O) groups is 1. The minimum atomic E-state index is -0.400. The molecule has 1 saturated carbocycles. The fourth-order valence-electron chi connectivity index (χ4n) is 3.71. The Morgan fingerprint density at radius 3 is 2.67 bits per heavy atom. The van der Waals surface area contributed by atoms with Crippen molar-refractivity contribution in [3.63, 3.8) is 0 Å². The maximum atomic E-state index is 12.9. The second kappa shape index (κ2) is 9.43. The number of carbonyl (C=O) groups excluding carboxylic acids is 1. The van der Waals surface area contributed by atoms with Crippen molar-refractivity contribution in [2.75, 3.05) is 19.0 Å². The summed E-state index contributed by atoms with van der Waals surface area (Å²) in [6.07, 6.45) is 9.52. The first-order valence-corrected chi connectivity index (χ1v) is 10.3. The van der Waals surface area contributed by atoms with E-state index < -0.39 is 5.91 Å². The van der Waals surface area contributed by atoms with E-state index in [1.165, 1.54) is 39.2 Å². The van der Waals surface area contributed by atoms with Gasteiger partial charge in [-0.25, -0.2) is 9.67 Å². The van der Waals surface area contributed by atoms with E-state index in [9.17, 15) is 4.79 Å². The number of nitrogens with one attached hydrogen (secondary N) is 1. The first kappa shape index (κ1) is 19.9. The molecular formula is C23H26N4O3. The van der Waals surface area contributed by atoms with Gasteiger partial charge in [0.25, 0.3) is 5.91 Å². The first-order chi connectivity index (χ1) is 14.7. The quantitative estimate of drug-likeness (QED) is 0.626. The maximum Gasteiger partial charge on any atom is 0.281 e. The van der Waals surface area contributed by atoms with Gasteiger partial charge in [0.05, 0.1) is 25.6 Å². The van der Waals surface area contributed by atoms with Gasteiger partial charge in [0, 0.05) is 6.20 Å². The zero-order chi connectivity index (χ0) is 20.8. The molecule has 3 aromatic rings. The average Bonchev–Trinajstić information content (AvgIpc) is 3.25. The van der Waals surface area contributed by atoms with E-state index in [4.69, 9.17) is 9.47 Å². The van der Waals surface area contributed by atoms with Gasteiger partial charge < -0.3 is 14.8 Å². The Balaban J connectivity index is 1.49. The van der Waals surface area contributed by atoms with E-state index in [1.807, 2.05) is 36.4 Å². The van der Waals surface area contributed by atoms with Crippen molar-refractivity contribution < 1.29 is 14.3 Å². The Kier molecular flexibility index (Phi) is 6.27. The van der Waals surface area contributed by atoms with E-state index in [0.29, 0.717) is 29.8 Å². The summed E-state index contributed by atoms with van der Waals surface area (Å²) in [7, 11) is 1.52. The summed E-state index contributed by atoms with van der Waals surface area (Å²) in [5.74, 6) is 1.50. The molecule has 7 heteroatoms. The number of methoxy groups -OCH3 is 1. The highest BCUT2D eigenvalue weighted by molar-refractivity contribution is 6.04. The van der Waals surface area contributed by atoms with Crippen LogP contribution in [0.4, 0.5) is 5.82 Å². The molecular weight excluding hydrogens is 380 g/mol. The molecule has 30 heavy (non-hydrogen) atoms. The van der Waals surface area contributed by atoms with E-state index in [2.05, 4.69) is 15.4 Å². The van der Waals surface area contributed by atoms with Gasteiger partial charge in [0.15, 0.2) is 23.0 Å². The molecule has 7 nitrogen and oxygen atoms in total. The van der Waals surface area contributed by atoms with Crippen LogP contribution in [0.3, 0.4) is 0 Å². The van der Waals surface area contributed by atoms with Crippen molar-refractivity contribution in [2.24, 2.45) is 5.92 Å². The van der Waals surface area contributed by atoms with Gasteiger partial charge in [0.2, 0.25) is 0 Å². The lowest BCUT2D eigenvalue weighted by atomic mass is 9.90. The number of hydrogen-bond acceptors (Lipinski definition) is 5. The van der Waals surface area contributed by atoms with Gasteiger partial charge in [-0.15, -0.1) is 0 Å². The van der Waals surface area contributed by atoms with Crippen molar-refractivity contribution in [3.05, 3.63) is 60.6 Å². The molecule has 0 spiro atoms. The molecule has 2 aromatic heterocycles. The third-order valence-corrected chi connectivity index (χ3v) is 5.34. The molecule has 0 radical (unpaired) electrons. The summed E-state index contributed by atoms with van der Waals surface area (Å²) in [6.45, 7) is 0.639. The maximum absolute atomic E-state index is 12.9.